The van der Waals surface area contributed by atoms with Gasteiger partial charge in [-0.1, -0.05) is 73.9 Å². The Morgan fingerprint density at radius 2 is 1.50 bits per heavy atom. The van der Waals surface area contributed by atoms with E-state index in [2.05, 4.69) is 79.7 Å². The lowest BCUT2D eigenvalue weighted by molar-refractivity contribution is -0.0833. The minimum Gasteiger partial charge on any atom is -0.465 e. The van der Waals surface area contributed by atoms with Gasteiger partial charge in [-0.25, -0.2) is 0 Å². The maximum atomic E-state index is 5.95. The zero-order chi connectivity index (χ0) is 18.5. The van der Waals surface area contributed by atoms with Gasteiger partial charge in [-0.3, -0.25) is 0 Å². The van der Waals surface area contributed by atoms with Crippen LogP contribution in [-0.4, -0.2) is 13.4 Å². The molecule has 24 heavy (non-hydrogen) atoms. The van der Waals surface area contributed by atoms with E-state index in [4.69, 9.17) is 9.47 Å². The van der Waals surface area contributed by atoms with E-state index in [1.54, 1.807) is 7.11 Å². The monoisotopic (exact) mass is 334 g/mol. The fourth-order valence-electron chi connectivity index (χ4n) is 3.07. The van der Waals surface area contributed by atoms with E-state index in [0.29, 0.717) is 17.3 Å². The van der Waals surface area contributed by atoms with Crippen molar-refractivity contribution in [3.05, 3.63) is 29.8 Å². The Hall–Kier alpha value is -1.02. The van der Waals surface area contributed by atoms with Gasteiger partial charge in [-0.2, -0.15) is 0 Å². The van der Waals surface area contributed by atoms with Gasteiger partial charge in [-0.05, 0) is 40.9 Å². The molecule has 0 radical (unpaired) electrons. The molecule has 1 aromatic carbocycles. The molecule has 0 aliphatic carbocycles. The predicted molar refractivity (Wildman–Crippen MR) is 104 cm³/mol. The summed E-state index contributed by atoms with van der Waals surface area (Å²) in [7, 11) is 1.70. The van der Waals surface area contributed by atoms with Crippen LogP contribution in [0.4, 0.5) is 0 Å². The number of methoxy groups -OCH3 is 1. The highest BCUT2D eigenvalue weighted by atomic mass is 16.7. The number of ether oxygens (including phenoxy) is 2. The summed E-state index contributed by atoms with van der Waals surface area (Å²) >= 11 is 0. The first kappa shape index (κ1) is 21.0. The van der Waals surface area contributed by atoms with Crippen LogP contribution >= 0.6 is 0 Å². The Morgan fingerprint density at radius 1 is 0.958 bits per heavy atom. The number of hydrogen-bond acceptors (Lipinski definition) is 2. The molecule has 0 fully saturated rings. The van der Waals surface area contributed by atoms with Crippen LogP contribution in [-0.2, 0) is 4.74 Å². The maximum absolute atomic E-state index is 5.95. The van der Waals surface area contributed by atoms with Crippen molar-refractivity contribution in [2.75, 3.05) is 7.11 Å². The first-order valence-corrected chi connectivity index (χ1v) is 9.29. The van der Waals surface area contributed by atoms with Crippen LogP contribution < -0.4 is 4.74 Å². The van der Waals surface area contributed by atoms with Crippen LogP contribution in [0, 0.1) is 16.7 Å². The third kappa shape index (κ3) is 6.12. The minimum atomic E-state index is -0.201. The van der Waals surface area contributed by atoms with Crippen LogP contribution in [0.15, 0.2) is 24.3 Å². The van der Waals surface area contributed by atoms with Crippen LogP contribution in [0.3, 0.4) is 0 Å². The van der Waals surface area contributed by atoms with Crippen molar-refractivity contribution in [2.45, 2.75) is 80.4 Å². The predicted octanol–water partition coefficient (Wildman–Crippen LogP) is 6.65. The Morgan fingerprint density at radius 3 is 1.88 bits per heavy atom. The Bertz CT molecular complexity index is 480. The second-order valence-corrected chi connectivity index (χ2v) is 9.19. The molecule has 0 spiro atoms. The molecule has 138 valence electrons. The highest BCUT2D eigenvalue weighted by molar-refractivity contribution is 5.31. The summed E-state index contributed by atoms with van der Waals surface area (Å²) in [6.07, 6.45) is 2.15. The van der Waals surface area contributed by atoms with Crippen LogP contribution in [0.1, 0.15) is 79.7 Å². The molecule has 0 aliphatic rings. The third-order valence-corrected chi connectivity index (χ3v) is 4.98. The molecular weight excluding hydrogens is 296 g/mol. The molecule has 0 aliphatic heterocycles. The molecule has 0 saturated carbocycles. The van der Waals surface area contributed by atoms with Gasteiger partial charge in [0, 0.05) is 13.0 Å². The SMILES string of the molecule is CCC(C)(C)C(CC(C)(C)C)c1ccc(OC(OC)C(C)C)cc1. The average molecular weight is 335 g/mol. The van der Waals surface area contributed by atoms with E-state index in [1.807, 2.05) is 0 Å². The van der Waals surface area contributed by atoms with Gasteiger partial charge < -0.3 is 9.47 Å². The van der Waals surface area contributed by atoms with Crippen molar-refractivity contribution in [1.82, 2.24) is 0 Å². The first-order valence-electron chi connectivity index (χ1n) is 9.29. The average Bonchev–Trinajstić information content (AvgIpc) is 2.49. The van der Waals surface area contributed by atoms with Gasteiger partial charge in [-0.15, -0.1) is 0 Å². The molecule has 0 saturated heterocycles. The largest absolute Gasteiger partial charge is 0.465 e. The molecule has 0 N–H and O–H groups in total. The molecule has 0 amide bonds. The summed E-state index contributed by atoms with van der Waals surface area (Å²) < 4.78 is 11.4. The van der Waals surface area contributed by atoms with Gasteiger partial charge in [0.05, 0.1) is 0 Å². The van der Waals surface area contributed by atoms with Crippen molar-refractivity contribution < 1.29 is 9.47 Å². The van der Waals surface area contributed by atoms with Crippen molar-refractivity contribution in [2.24, 2.45) is 16.7 Å². The molecule has 0 aromatic heterocycles. The van der Waals surface area contributed by atoms with Gasteiger partial charge >= 0.3 is 0 Å². The normalized spacial score (nSPS) is 15.4. The third-order valence-electron chi connectivity index (χ3n) is 4.98. The molecule has 2 heteroatoms. The Balaban J connectivity index is 3.01. The summed E-state index contributed by atoms with van der Waals surface area (Å²) in [5, 5.41) is 0. The molecule has 2 atom stereocenters. The summed E-state index contributed by atoms with van der Waals surface area (Å²) in [4.78, 5) is 0. The lowest BCUT2D eigenvalue weighted by Crippen LogP contribution is -2.26. The highest BCUT2D eigenvalue weighted by Crippen LogP contribution is 2.45. The highest BCUT2D eigenvalue weighted by Gasteiger charge is 2.32. The van der Waals surface area contributed by atoms with Crippen LogP contribution in [0.25, 0.3) is 0 Å². The van der Waals surface area contributed by atoms with Gasteiger partial charge in [0.25, 0.3) is 0 Å². The number of rotatable bonds is 8. The number of hydrogen-bond donors (Lipinski definition) is 0. The molecule has 0 bridgehead atoms. The van der Waals surface area contributed by atoms with Gasteiger partial charge in [0.15, 0.2) is 0 Å². The topological polar surface area (TPSA) is 18.5 Å². The fourth-order valence-corrected chi connectivity index (χ4v) is 3.07. The summed E-state index contributed by atoms with van der Waals surface area (Å²) in [5.41, 5.74) is 2.00. The molecule has 1 aromatic rings. The standard InChI is InChI=1S/C22H38O2/c1-10-22(7,8)19(15-21(4,5)6)17-11-13-18(14-12-17)24-20(23-9)16(2)3/h11-14,16,19-20H,10,15H2,1-9H3. The first-order chi connectivity index (χ1) is 11.0. The summed E-state index contributed by atoms with van der Waals surface area (Å²) in [6.45, 7) is 18.2. The zero-order valence-corrected chi connectivity index (χ0v) is 17.3. The smallest absolute Gasteiger partial charge is 0.201 e. The van der Waals surface area contributed by atoms with E-state index < -0.39 is 0 Å². The zero-order valence-electron chi connectivity index (χ0n) is 17.3. The van der Waals surface area contributed by atoms with E-state index in [1.165, 1.54) is 18.4 Å². The summed E-state index contributed by atoms with van der Waals surface area (Å²) in [6, 6.07) is 8.64. The molecule has 2 unspecified atom stereocenters. The van der Waals surface area contributed by atoms with Crippen molar-refractivity contribution >= 4 is 0 Å². The maximum Gasteiger partial charge on any atom is 0.201 e. The van der Waals surface area contributed by atoms with E-state index in [-0.39, 0.29) is 11.7 Å². The van der Waals surface area contributed by atoms with Crippen LogP contribution in [0.5, 0.6) is 5.75 Å². The van der Waals surface area contributed by atoms with Crippen LogP contribution in [0.2, 0.25) is 0 Å². The molecule has 1 rings (SSSR count). The van der Waals surface area contributed by atoms with Crippen molar-refractivity contribution in [3.63, 3.8) is 0 Å². The van der Waals surface area contributed by atoms with Gasteiger partial charge in [0.1, 0.15) is 5.75 Å². The number of benzene rings is 1. The Labute approximate surface area is 149 Å². The molecule has 0 heterocycles. The molecule has 2 nitrogen and oxygen atoms in total. The lowest BCUT2D eigenvalue weighted by Gasteiger charge is -2.38. The van der Waals surface area contributed by atoms with E-state index >= 15 is 0 Å². The second-order valence-electron chi connectivity index (χ2n) is 9.19. The second kappa shape index (κ2) is 8.38. The molecular formula is C22H38O2. The fraction of sp³-hybridized carbons (Fsp3) is 0.727. The lowest BCUT2D eigenvalue weighted by atomic mass is 9.67. The minimum absolute atomic E-state index is 0.201. The van der Waals surface area contributed by atoms with E-state index in [0.717, 1.165) is 5.75 Å². The van der Waals surface area contributed by atoms with Crippen molar-refractivity contribution in [3.8, 4) is 5.75 Å². The summed E-state index contributed by atoms with van der Waals surface area (Å²) in [5.74, 6) is 1.74. The Kier molecular flexibility index (Phi) is 7.34. The quantitative estimate of drug-likeness (QED) is 0.495. The van der Waals surface area contributed by atoms with E-state index in [9.17, 15) is 0 Å². The van der Waals surface area contributed by atoms with Gasteiger partial charge in [0.2, 0.25) is 6.29 Å². The van der Waals surface area contributed by atoms with Crippen molar-refractivity contribution in [1.29, 1.82) is 0 Å².